The number of nitrogens with zero attached hydrogens (tertiary/aromatic N) is 1. The first-order valence-corrected chi connectivity index (χ1v) is 8.33. The minimum absolute atomic E-state index is 0.361. The van der Waals surface area contributed by atoms with Crippen LogP contribution < -0.4 is 0 Å². The molecule has 4 fully saturated rings. The van der Waals surface area contributed by atoms with E-state index in [2.05, 4.69) is 11.9 Å². The van der Waals surface area contributed by atoms with Gasteiger partial charge in [-0.25, -0.2) is 4.98 Å². The lowest BCUT2D eigenvalue weighted by atomic mass is 9.48. The van der Waals surface area contributed by atoms with Gasteiger partial charge in [0, 0.05) is 11.1 Å². The van der Waals surface area contributed by atoms with Crippen molar-refractivity contribution in [3.05, 3.63) is 29.8 Å². The van der Waals surface area contributed by atoms with Gasteiger partial charge in [0.1, 0.15) is 0 Å². The van der Waals surface area contributed by atoms with Crippen molar-refractivity contribution in [1.29, 1.82) is 0 Å². The van der Waals surface area contributed by atoms with E-state index in [1.54, 1.807) is 6.26 Å². The highest BCUT2D eigenvalue weighted by Gasteiger charge is 2.53. The van der Waals surface area contributed by atoms with Gasteiger partial charge in [0.25, 0.3) is 0 Å². The van der Waals surface area contributed by atoms with E-state index >= 15 is 0 Å². The lowest BCUT2D eigenvalue weighted by molar-refractivity contribution is -0.00729. The fourth-order valence-corrected chi connectivity index (χ4v) is 5.91. The van der Waals surface area contributed by atoms with E-state index < -0.39 is 0 Å². The predicted molar refractivity (Wildman–Crippen MR) is 80.9 cm³/mol. The number of nitrogens with one attached hydrogen (secondary N) is 1. The van der Waals surface area contributed by atoms with Gasteiger partial charge in [0.15, 0.2) is 11.6 Å². The number of aromatic amines is 1. The topological polar surface area (TPSA) is 41.8 Å². The van der Waals surface area contributed by atoms with Gasteiger partial charge in [-0.15, -0.1) is 0 Å². The highest BCUT2D eigenvalue weighted by atomic mass is 16.3. The van der Waals surface area contributed by atoms with Crippen molar-refractivity contribution < 1.29 is 4.42 Å². The van der Waals surface area contributed by atoms with Crippen molar-refractivity contribution in [2.75, 3.05) is 0 Å². The maximum Gasteiger partial charge on any atom is 0.173 e. The Morgan fingerprint density at radius 2 is 1.81 bits per heavy atom. The Hall–Kier alpha value is -1.51. The molecule has 4 saturated carbocycles. The van der Waals surface area contributed by atoms with Crippen LogP contribution in [0.5, 0.6) is 0 Å². The third-order valence-electron chi connectivity index (χ3n) is 6.18. The van der Waals surface area contributed by atoms with Crippen LogP contribution >= 0.6 is 0 Å². The summed E-state index contributed by atoms with van der Waals surface area (Å²) in [5, 5.41) is 0. The van der Waals surface area contributed by atoms with E-state index in [-0.39, 0.29) is 0 Å². The third-order valence-corrected chi connectivity index (χ3v) is 6.18. The van der Waals surface area contributed by atoms with Gasteiger partial charge in [-0.3, -0.25) is 0 Å². The first-order valence-electron chi connectivity index (χ1n) is 8.33. The van der Waals surface area contributed by atoms with Crippen LogP contribution in [0.1, 0.15) is 49.9 Å². The summed E-state index contributed by atoms with van der Waals surface area (Å²) in [7, 11) is 0. The van der Waals surface area contributed by atoms with E-state index in [0.29, 0.717) is 5.41 Å². The normalized spacial score (nSPS) is 37.3. The van der Waals surface area contributed by atoms with Crippen molar-refractivity contribution in [2.45, 2.75) is 50.9 Å². The Kier molecular flexibility index (Phi) is 2.31. The van der Waals surface area contributed by atoms with E-state index in [1.807, 2.05) is 12.1 Å². The van der Waals surface area contributed by atoms with Crippen LogP contribution in [0, 0.1) is 24.7 Å². The molecule has 4 aliphatic carbocycles. The van der Waals surface area contributed by atoms with Crippen LogP contribution in [-0.2, 0) is 5.41 Å². The Morgan fingerprint density at radius 3 is 2.38 bits per heavy atom. The molecule has 0 saturated heterocycles. The molecule has 110 valence electrons. The molecule has 6 rings (SSSR count). The fourth-order valence-electron chi connectivity index (χ4n) is 5.91. The number of imidazole rings is 1. The summed E-state index contributed by atoms with van der Waals surface area (Å²) in [6.45, 7) is 2.19. The van der Waals surface area contributed by atoms with E-state index in [9.17, 15) is 0 Å². The smallest absolute Gasteiger partial charge is 0.173 e. The molecular formula is C18H22N2O. The van der Waals surface area contributed by atoms with Crippen molar-refractivity contribution in [3.8, 4) is 11.6 Å². The van der Waals surface area contributed by atoms with Gasteiger partial charge < -0.3 is 9.40 Å². The highest BCUT2D eigenvalue weighted by Crippen LogP contribution is 2.60. The Morgan fingerprint density at radius 1 is 1.14 bits per heavy atom. The van der Waals surface area contributed by atoms with Gasteiger partial charge in [-0.05, 0) is 75.3 Å². The second kappa shape index (κ2) is 4.02. The van der Waals surface area contributed by atoms with Crippen molar-refractivity contribution in [1.82, 2.24) is 9.97 Å². The number of H-pyrrole nitrogens is 1. The van der Waals surface area contributed by atoms with E-state index in [1.165, 1.54) is 49.9 Å². The minimum Gasteiger partial charge on any atom is -0.461 e. The molecule has 3 heteroatoms. The molecule has 0 aliphatic heterocycles. The van der Waals surface area contributed by atoms with Gasteiger partial charge >= 0.3 is 0 Å². The molecule has 0 amide bonds. The summed E-state index contributed by atoms with van der Waals surface area (Å²) in [5.41, 5.74) is 2.96. The van der Waals surface area contributed by atoms with Crippen molar-refractivity contribution >= 4 is 0 Å². The number of aryl methyl sites for hydroxylation is 1. The van der Waals surface area contributed by atoms with Gasteiger partial charge in [-0.2, -0.15) is 0 Å². The molecule has 4 aliphatic rings. The molecule has 3 nitrogen and oxygen atoms in total. The van der Waals surface area contributed by atoms with Gasteiger partial charge in [-0.1, -0.05) is 0 Å². The fraction of sp³-hybridized carbons (Fsp3) is 0.611. The summed E-state index contributed by atoms with van der Waals surface area (Å²) in [5.74, 6) is 4.63. The van der Waals surface area contributed by atoms with E-state index in [0.717, 1.165) is 29.3 Å². The largest absolute Gasteiger partial charge is 0.461 e. The molecule has 0 spiro atoms. The van der Waals surface area contributed by atoms with Crippen molar-refractivity contribution in [2.24, 2.45) is 17.8 Å². The molecule has 0 aromatic carbocycles. The van der Waals surface area contributed by atoms with Crippen LogP contribution in [0.15, 0.2) is 22.8 Å². The van der Waals surface area contributed by atoms with Crippen LogP contribution in [0.3, 0.4) is 0 Å². The average Bonchev–Trinajstić information content (AvgIpc) is 3.05. The number of rotatable bonds is 2. The summed E-state index contributed by atoms with van der Waals surface area (Å²) in [6.07, 6.45) is 10.2. The first kappa shape index (κ1) is 12.1. The number of hydrogen-bond acceptors (Lipinski definition) is 2. The molecule has 4 bridgehead atoms. The summed E-state index contributed by atoms with van der Waals surface area (Å²) >= 11 is 0. The molecule has 0 radical (unpaired) electrons. The summed E-state index contributed by atoms with van der Waals surface area (Å²) in [4.78, 5) is 8.46. The number of aromatic nitrogens is 2. The van der Waals surface area contributed by atoms with Gasteiger partial charge in [0.05, 0.1) is 12.0 Å². The zero-order valence-corrected chi connectivity index (χ0v) is 12.6. The molecule has 0 atom stereocenters. The van der Waals surface area contributed by atoms with Crippen molar-refractivity contribution in [3.63, 3.8) is 0 Å². The molecule has 2 aromatic rings. The van der Waals surface area contributed by atoms with Crippen LogP contribution in [-0.4, -0.2) is 9.97 Å². The maximum absolute atomic E-state index is 5.51. The summed E-state index contributed by atoms with van der Waals surface area (Å²) < 4.78 is 5.51. The van der Waals surface area contributed by atoms with Gasteiger partial charge in [0.2, 0.25) is 0 Å². The standard InChI is InChI=1S/C18H22N2O/c1-11-16(20-17(19-11)15-3-2-4-21-15)18-8-12-5-13(9-18)7-14(6-12)10-18/h2-4,12-14H,5-10H2,1H3,(H,19,20). The Bertz CT molecular complexity index is 632. The molecule has 1 N–H and O–H groups in total. The number of hydrogen-bond donors (Lipinski definition) is 1. The first-order chi connectivity index (χ1) is 10.2. The lowest BCUT2D eigenvalue weighted by Gasteiger charge is -2.56. The molecule has 21 heavy (non-hydrogen) atoms. The maximum atomic E-state index is 5.51. The zero-order chi connectivity index (χ0) is 14.0. The average molecular weight is 282 g/mol. The summed E-state index contributed by atoms with van der Waals surface area (Å²) in [6, 6.07) is 3.92. The Balaban J connectivity index is 1.58. The molecule has 2 aromatic heterocycles. The van der Waals surface area contributed by atoms with Crippen LogP contribution in [0.25, 0.3) is 11.6 Å². The quantitative estimate of drug-likeness (QED) is 0.884. The van der Waals surface area contributed by atoms with E-state index in [4.69, 9.17) is 9.40 Å². The van der Waals surface area contributed by atoms with Crippen LogP contribution in [0.4, 0.5) is 0 Å². The van der Waals surface area contributed by atoms with Crippen LogP contribution in [0.2, 0.25) is 0 Å². The number of furan rings is 1. The Labute approximate surface area is 125 Å². The lowest BCUT2D eigenvalue weighted by Crippen LogP contribution is -2.49. The monoisotopic (exact) mass is 282 g/mol. The highest BCUT2D eigenvalue weighted by molar-refractivity contribution is 5.49. The SMILES string of the molecule is Cc1[nH]c(-c2ccco2)nc1C12CC3CC(CC(C3)C1)C2. The second-order valence-electron chi connectivity index (χ2n) is 7.73. The third kappa shape index (κ3) is 1.69. The molecule has 0 unspecified atom stereocenters. The molecule has 2 heterocycles. The predicted octanol–water partition coefficient (Wildman–Crippen LogP) is 4.45. The minimum atomic E-state index is 0.361. The zero-order valence-electron chi connectivity index (χ0n) is 12.6. The molecular weight excluding hydrogens is 260 g/mol. The second-order valence-corrected chi connectivity index (χ2v) is 7.73.